The molecular formula is C16H26N2S. The van der Waals surface area contributed by atoms with E-state index in [0.29, 0.717) is 0 Å². The average molecular weight is 278 g/mol. The van der Waals surface area contributed by atoms with Crippen LogP contribution in [0.2, 0.25) is 0 Å². The molecule has 0 atom stereocenters. The molecule has 1 saturated heterocycles. The zero-order chi connectivity index (χ0) is 13.3. The molecule has 2 nitrogen and oxygen atoms in total. The van der Waals surface area contributed by atoms with Crippen LogP contribution in [0.1, 0.15) is 31.2 Å². The smallest absolute Gasteiger partial charge is 0.0340 e. The Morgan fingerprint density at radius 2 is 1.84 bits per heavy atom. The number of nitrogens with one attached hydrogen (secondary N) is 1. The Hall–Kier alpha value is -0.670. The third-order valence-corrected chi connectivity index (χ3v) is 4.36. The molecule has 1 fully saturated rings. The largest absolute Gasteiger partial charge is 0.385 e. The number of thioether (sulfide) groups is 1. The molecule has 1 aliphatic rings. The van der Waals surface area contributed by atoms with Crippen LogP contribution in [0.5, 0.6) is 0 Å². The lowest BCUT2D eigenvalue weighted by Gasteiger charge is -2.15. The first-order valence-corrected chi connectivity index (χ1v) is 8.82. The van der Waals surface area contributed by atoms with Gasteiger partial charge in [-0.3, -0.25) is 4.90 Å². The highest BCUT2D eigenvalue weighted by Crippen LogP contribution is 2.15. The Kier molecular flexibility index (Phi) is 6.58. The van der Waals surface area contributed by atoms with Crippen molar-refractivity contribution in [1.29, 1.82) is 0 Å². The molecule has 106 valence electrons. The van der Waals surface area contributed by atoms with Gasteiger partial charge in [0.05, 0.1) is 0 Å². The molecule has 0 amide bonds. The summed E-state index contributed by atoms with van der Waals surface area (Å²) < 4.78 is 0. The van der Waals surface area contributed by atoms with Crippen molar-refractivity contribution < 1.29 is 0 Å². The highest BCUT2D eigenvalue weighted by atomic mass is 32.2. The summed E-state index contributed by atoms with van der Waals surface area (Å²) in [5.74, 6) is 1.27. The van der Waals surface area contributed by atoms with E-state index in [1.54, 1.807) is 0 Å². The van der Waals surface area contributed by atoms with E-state index in [-0.39, 0.29) is 0 Å². The fourth-order valence-electron chi connectivity index (χ4n) is 2.53. The summed E-state index contributed by atoms with van der Waals surface area (Å²) in [7, 11) is 0. The Labute approximate surface area is 122 Å². The summed E-state index contributed by atoms with van der Waals surface area (Å²) in [4.78, 5) is 2.55. The summed E-state index contributed by atoms with van der Waals surface area (Å²) in [5, 5.41) is 3.50. The molecule has 1 aliphatic heterocycles. The quantitative estimate of drug-likeness (QED) is 0.727. The fourth-order valence-corrected chi connectivity index (χ4v) is 3.02. The lowest BCUT2D eigenvalue weighted by molar-refractivity contribution is 0.331. The number of hydrogen-bond donors (Lipinski definition) is 1. The molecule has 0 spiro atoms. The number of hydrogen-bond acceptors (Lipinski definition) is 3. The first-order valence-electron chi connectivity index (χ1n) is 7.42. The lowest BCUT2D eigenvalue weighted by atomic mass is 10.2. The minimum absolute atomic E-state index is 1.09. The number of anilines is 1. The number of benzene rings is 1. The topological polar surface area (TPSA) is 15.3 Å². The lowest BCUT2D eigenvalue weighted by Crippen LogP contribution is -2.18. The predicted molar refractivity (Wildman–Crippen MR) is 87.1 cm³/mol. The summed E-state index contributed by atoms with van der Waals surface area (Å²) in [6.07, 6.45) is 7.48. The first kappa shape index (κ1) is 14.7. The molecule has 1 aromatic carbocycles. The van der Waals surface area contributed by atoms with Crippen molar-refractivity contribution >= 4 is 17.4 Å². The van der Waals surface area contributed by atoms with Crippen molar-refractivity contribution in [1.82, 2.24) is 4.90 Å². The molecule has 0 aliphatic carbocycles. The molecule has 0 radical (unpaired) electrons. The second-order valence-corrected chi connectivity index (χ2v) is 6.29. The van der Waals surface area contributed by atoms with Gasteiger partial charge >= 0.3 is 0 Å². The van der Waals surface area contributed by atoms with E-state index >= 15 is 0 Å². The molecule has 3 heteroatoms. The van der Waals surface area contributed by atoms with Gasteiger partial charge < -0.3 is 5.32 Å². The Morgan fingerprint density at radius 3 is 2.53 bits per heavy atom. The predicted octanol–water partition coefficient (Wildman–Crippen LogP) is 3.84. The van der Waals surface area contributed by atoms with Crippen molar-refractivity contribution in [2.45, 2.75) is 32.2 Å². The molecular weight excluding hydrogens is 252 g/mol. The molecule has 1 N–H and O–H groups in total. The fraction of sp³-hybridized carbons (Fsp3) is 0.625. The van der Waals surface area contributed by atoms with Crippen molar-refractivity contribution in [2.75, 3.05) is 37.0 Å². The van der Waals surface area contributed by atoms with Gasteiger partial charge in [-0.25, -0.2) is 0 Å². The normalized spacial score (nSPS) is 15.8. The minimum atomic E-state index is 1.09. The van der Waals surface area contributed by atoms with Gasteiger partial charge in [0.1, 0.15) is 0 Å². The van der Waals surface area contributed by atoms with E-state index in [4.69, 9.17) is 0 Å². The molecule has 1 aromatic rings. The number of unbranched alkanes of at least 4 members (excludes halogenated alkanes) is 1. The standard InChI is InChI=1S/C16H26N2S/c1-19-13-5-2-10-17-16-8-6-15(7-9-16)14-18-11-3-4-12-18/h6-9,17H,2-5,10-14H2,1H3. The Balaban J connectivity index is 1.68. The average Bonchev–Trinajstić information content (AvgIpc) is 2.93. The molecule has 2 rings (SSSR count). The minimum Gasteiger partial charge on any atom is -0.385 e. The molecule has 0 unspecified atom stereocenters. The summed E-state index contributed by atoms with van der Waals surface area (Å²) in [5.41, 5.74) is 2.70. The first-order chi connectivity index (χ1) is 9.38. The third-order valence-electron chi connectivity index (χ3n) is 3.66. The number of likely N-dealkylation sites (tertiary alicyclic amines) is 1. The zero-order valence-corrected chi connectivity index (χ0v) is 12.8. The highest BCUT2D eigenvalue weighted by Gasteiger charge is 2.11. The van der Waals surface area contributed by atoms with E-state index in [0.717, 1.165) is 13.1 Å². The Morgan fingerprint density at radius 1 is 1.11 bits per heavy atom. The SMILES string of the molecule is CSCCCCNc1ccc(CN2CCCC2)cc1. The van der Waals surface area contributed by atoms with Crippen molar-refractivity contribution in [3.63, 3.8) is 0 Å². The second-order valence-electron chi connectivity index (χ2n) is 5.31. The maximum absolute atomic E-state index is 3.50. The third kappa shape index (κ3) is 5.45. The molecule has 0 bridgehead atoms. The van der Waals surface area contributed by atoms with Crippen molar-refractivity contribution in [2.24, 2.45) is 0 Å². The maximum atomic E-state index is 3.50. The van der Waals surface area contributed by atoms with Gasteiger partial charge in [0.25, 0.3) is 0 Å². The van der Waals surface area contributed by atoms with Crippen LogP contribution in [0.3, 0.4) is 0 Å². The van der Waals surface area contributed by atoms with Crippen molar-refractivity contribution in [3.05, 3.63) is 29.8 Å². The van der Waals surface area contributed by atoms with Gasteiger partial charge in [-0.2, -0.15) is 11.8 Å². The monoisotopic (exact) mass is 278 g/mol. The van der Waals surface area contributed by atoms with Crippen LogP contribution in [0.25, 0.3) is 0 Å². The van der Waals surface area contributed by atoms with Gasteiger partial charge in [-0.05, 0) is 68.5 Å². The number of nitrogens with zero attached hydrogens (tertiary/aromatic N) is 1. The van der Waals surface area contributed by atoms with Crippen LogP contribution < -0.4 is 5.32 Å². The van der Waals surface area contributed by atoms with E-state index in [2.05, 4.69) is 40.7 Å². The summed E-state index contributed by atoms with van der Waals surface area (Å²) in [6.45, 7) is 4.75. The van der Waals surface area contributed by atoms with Gasteiger partial charge in [0.2, 0.25) is 0 Å². The molecule has 19 heavy (non-hydrogen) atoms. The summed E-state index contributed by atoms with van der Waals surface area (Å²) in [6, 6.07) is 8.98. The van der Waals surface area contributed by atoms with Crippen LogP contribution in [0.4, 0.5) is 5.69 Å². The molecule has 0 saturated carbocycles. The van der Waals surface area contributed by atoms with Crippen LogP contribution in [-0.2, 0) is 6.54 Å². The van der Waals surface area contributed by atoms with Gasteiger partial charge in [0, 0.05) is 18.8 Å². The van der Waals surface area contributed by atoms with Crippen LogP contribution in [-0.4, -0.2) is 36.5 Å². The number of rotatable bonds is 8. The van der Waals surface area contributed by atoms with Crippen LogP contribution >= 0.6 is 11.8 Å². The van der Waals surface area contributed by atoms with E-state index in [9.17, 15) is 0 Å². The summed E-state index contributed by atoms with van der Waals surface area (Å²) >= 11 is 1.93. The van der Waals surface area contributed by atoms with Gasteiger partial charge in [-0.1, -0.05) is 12.1 Å². The van der Waals surface area contributed by atoms with E-state index in [1.165, 1.54) is 55.8 Å². The molecule has 1 heterocycles. The van der Waals surface area contributed by atoms with Crippen LogP contribution in [0, 0.1) is 0 Å². The van der Waals surface area contributed by atoms with Gasteiger partial charge in [0.15, 0.2) is 0 Å². The molecule has 0 aromatic heterocycles. The Bertz CT molecular complexity index is 344. The highest BCUT2D eigenvalue weighted by molar-refractivity contribution is 7.98. The van der Waals surface area contributed by atoms with E-state index < -0.39 is 0 Å². The van der Waals surface area contributed by atoms with E-state index in [1.807, 2.05) is 11.8 Å². The second kappa shape index (κ2) is 8.49. The van der Waals surface area contributed by atoms with Gasteiger partial charge in [-0.15, -0.1) is 0 Å². The zero-order valence-electron chi connectivity index (χ0n) is 12.0. The van der Waals surface area contributed by atoms with Crippen molar-refractivity contribution in [3.8, 4) is 0 Å². The maximum Gasteiger partial charge on any atom is 0.0340 e. The van der Waals surface area contributed by atoms with Crippen LogP contribution in [0.15, 0.2) is 24.3 Å².